The predicted molar refractivity (Wildman–Crippen MR) is 76.3 cm³/mol. The maximum Gasteiger partial charge on any atom is 0.251 e. The minimum Gasteiger partial charge on any atom is -0.352 e. The predicted octanol–water partition coefficient (Wildman–Crippen LogP) is 1.29. The molecule has 104 valence electrons. The third-order valence-corrected chi connectivity index (χ3v) is 2.92. The lowest BCUT2D eigenvalue weighted by molar-refractivity contribution is -0.117. The Morgan fingerprint density at radius 1 is 1.32 bits per heavy atom. The topological polar surface area (TPSA) is 70.2 Å². The van der Waals surface area contributed by atoms with Crippen molar-refractivity contribution in [3.8, 4) is 0 Å². The fourth-order valence-corrected chi connectivity index (χ4v) is 1.53. The van der Waals surface area contributed by atoms with Crippen LogP contribution in [0.4, 0.5) is 5.69 Å². The zero-order chi connectivity index (χ0) is 14.4. The van der Waals surface area contributed by atoms with Gasteiger partial charge in [0.05, 0.1) is 6.04 Å². The molecule has 1 aromatic carbocycles. The standard InChI is InChI=1S/C14H21N3O2/c1-5-16-14(19)11-7-6-9(2)12(8-11)17-13(18)10(3)15-4/h6-8,10,15H,5H2,1-4H3,(H,16,19)(H,17,18). The molecular formula is C14H21N3O2. The van der Waals surface area contributed by atoms with Crippen LogP contribution in [0.3, 0.4) is 0 Å². The first-order valence-electron chi connectivity index (χ1n) is 6.36. The third kappa shape index (κ3) is 4.06. The Kier molecular flexibility index (Phi) is 5.51. The van der Waals surface area contributed by atoms with Crippen LogP contribution in [-0.2, 0) is 4.79 Å². The minimum atomic E-state index is -0.285. The van der Waals surface area contributed by atoms with Gasteiger partial charge in [0, 0.05) is 17.8 Å². The van der Waals surface area contributed by atoms with Crippen LogP contribution in [0.2, 0.25) is 0 Å². The first-order chi connectivity index (χ1) is 8.99. The number of hydrogen-bond acceptors (Lipinski definition) is 3. The van der Waals surface area contributed by atoms with Crippen LogP contribution in [0.25, 0.3) is 0 Å². The van der Waals surface area contributed by atoms with Crippen molar-refractivity contribution in [3.05, 3.63) is 29.3 Å². The van der Waals surface area contributed by atoms with Crippen LogP contribution >= 0.6 is 0 Å². The van der Waals surface area contributed by atoms with Gasteiger partial charge in [0.1, 0.15) is 0 Å². The van der Waals surface area contributed by atoms with Crippen molar-refractivity contribution >= 4 is 17.5 Å². The van der Waals surface area contributed by atoms with Crippen molar-refractivity contribution in [2.75, 3.05) is 18.9 Å². The number of hydrogen-bond donors (Lipinski definition) is 3. The highest BCUT2D eigenvalue weighted by atomic mass is 16.2. The molecular weight excluding hydrogens is 242 g/mol. The van der Waals surface area contributed by atoms with Crippen molar-refractivity contribution < 1.29 is 9.59 Å². The summed E-state index contributed by atoms with van der Waals surface area (Å²) in [5.41, 5.74) is 2.13. The van der Waals surface area contributed by atoms with E-state index in [1.165, 1.54) is 0 Å². The highest BCUT2D eigenvalue weighted by Gasteiger charge is 2.13. The quantitative estimate of drug-likeness (QED) is 0.749. The van der Waals surface area contributed by atoms with Gasteiger partial charge in [0.2, 0.25) is 5.91 Å². The van der Waals surface area contributed by atoms with E-state index in [0.29, 0.717) is 17.8 Å². The van der Waals surface area contributed by atoms with E-state index in [0.717, 1.165) is 5.56 Å². The van der Waals surface area contributed by atoms with Gasteiger partial charge in [0.15, 0.2) is 0 Å². The first kappa shape index (κ1) is 15.2. The van der Waals surface area contributed by atoms with Gasteiger partial charge in [0.25, 0.3) is 5.91 Å². The summed E-state index contributed by atoms with van der Waals surface area (Å²) in [5, 5.41) is 8.42. The van der Waals surface area contributed by atoms with E-state index < -0.39 is 0 Å². The van der Waals surface area contributed by atoms with Crippen LogP contribution in [0.1, 0.15) is 29.8 Å². The van der Waals surface area contributed by atoms with E-state index >= 15 is 0 Å². The second-order valence-electron chi connectivity index (χ2n) is 4.39. The number of anilines is 1. The summed E-state index contributed by atoms with van der Waals surface area (Å²) < 4.78 is 0. The Hall–Kier alpha value is -1.88. The highest BCUT2D eigenvalue weighted by molar-refractivity contribution is 5.99. The molecule has 1 atom stereocenters. The number of benzene rings is 1. The summed E-state index contributed by atoms with van der Waals surface area (Å²) in [6, 6.07) is 4.98. The van der Waals surface area contributed by atoms with Crippen molar-refractivity contribution in [1.29, 1.82) is 0 Å². The molecule has 0 heterocycles. The lowest BCUT2D eigenvalue weighted by Crippen LogP contribution is -2.35. The highest BCUT2D eigenvalue weighted by Crippen LogP contribution is 2.17. The molecule has 0 spiro atoms. The first-order valence-corrected chi connectivity index (χ1v) is 6.36. The normalized spacial score (nSPS) is 11.8. The monoisotopic (exact) mass is 263 g/mol. The number of aryl methyl sites for hydroxylation is 1. The molecule has 0 fully saturated rings. The van der Waals surface area contributed by atoms with E-state index in [1.54, 1.807) is 26.1 Å². The van der Waals surface area contributed by atoms with E-state index in [2.05, 4.69) is 16.0 Å². The minimum absolute atomic E-state index is 0.126. The molecule has 5 nitrogen and oxygen atoms in total. The average Bonchev–Trinajstić information content (AvgIpc) is 2.40. The zero-order valence-electron chi connectivity index (χ0n) is 11.8. The van der Waals surface area contributed by atoms with Gasteiger partial charge in [-0.05, 0) is 45.5 Å². The Morgan fingerprint density at radius 3 is 2.58 bits per heavy atom. The van der Waals surface area contributed by atoms with E-state index in [9.17, 15) is 9.59 Å². The smallest absolute Gasteiger partial charge is 0.251 e. The van der Waals surface area contributed by atoms with Gasteiger partial charge < -0.3 is 16.0 Å². The molecule has 19 heavy (non-hydrogen) atoms. The van der Waals surface area contributed by atoms with Crippen molar-refractivity contribution in [2.45, 2.75) is 26.8 Å². The van der Waals surface area contributed by atoms with Gasteiger partial charge >= 0.3 is 0 Å². The summed E-state index contributed by atoms with van der Waals surface area (Å²) in [5.74, 6) is -0.265. The van der Waals surface area contributed by atoms with Crippen LogP contribution in [0.5, 0.6) is 0 Å². The largest absolute Gasteiger partial charge is 0.352 e. The lowest BCUT2D eigenvalue weighted by atomic mass is 10.1. The molecule has 3 N–H and O–H groups in total. The van der Waals surface area contributed by atoms with Gasteiger partial charge in [-0.1, -0.05) is 6.07 Å². The Labute approximate surface area is 113 Å². The van der Waals surface area contributed by atoms with Crippen LogP contribution in [0, 0.1) is 6.92 Å². The Morgan fingerprint density at radius 2 is 2.00 bits per heavy atom. The second-order valence-corrected chi connectivity index (χ2v) is 4.39. The molecule has 0 radical (unpaired) electrons. The Balaban J connectivity index is 2.91. The molecule has 0 aliphatic rings. The maximum atomic E-state index is 11.8. The molecule has 0 aromatic heterocycles. The lowest BCUT2D eigenvalue weighted by Gasteiger charge is -2.14. The summed E-state index contributed by atoms with van der Waals surface area (Å²) >= 11 is 0. The summed E-state index contributed by atoms with van der Waals surface area (Å²) in [7, 11) is 1.72. The fourth-order valence-electron chi connectivity index (χ4n) is 1.53. The number of likely N-dealkylation sites (N-methyl/N-ethyl adjacent to an activating group) is 1. The molecule has 0 saturated carbocycles. The van der Waals surface area contributed by atoms with Gasteiger partial charge in [-0.15, -0.1) is 0 Å². The molecule has 0 bridgehead atoms. The molecule has 1 aromatic rings. The number of rotatable bonds is 5. The number of carbonyl (C=O) groups excluding carboxylic acids is 2. The second kappa shape index (κ2) is 6.89. The fraction of sp³-hybridized carbons (Fsp3) is 0.429. The molecule has 0 saturated heterocycles. The molecule has 1 rings (SSSR count). The van der Waals surface area contributed by atoms with Gasteiger partial charge in [-0.3, -0.25) is 9.59 Å². The maximum absolute atomic E-state index is 11.8. The van der Waals surface area contributed by atoms with E-state index in [1.807, 2.05) is 19.9 Å². The van der Waals surface area contributed by atoms with Gasteiger partial charge in [-0.25, -0.2) is 0 Å². The van der Waals surface area contributed by atoms with E-state index in [-0.39, 0.29) is 17.9 Å². The van der Waals surface area contributed by atoms with E-state index in [4.69, 9.17) is 0 Å². The molecule has 0 aliphatic carbocycles. The molecule has 5 heteroatoms. The van der Waals surface area contributed by atoms with Crippen molar-refractivity contribution in [2.24, 2.45) is 0 Å². The summed E-state index contributed by atoms with van der Waals surface area (Å²) in [6.07, 6.45) is 0. The van der Waals surface area contributed by atoms with Crippen molar-refractivity contribution in [3.63, 3.8) is 0 Å². The number of carbonyl (C=O) groups is 2. The number of amides is 2. The Bertz CT molecular complexity index is 472. The third-order valence-electron chi connectivity index (χ3n) is 2.92. The summed E-state index contributed by atoms with van der Waals surface area (Å²) in [4.78, 5) is 23.6. The zero-order valence-corrected chi connectivity index (χ0v) is 11.8. The number of nitrogens with one attached hydrogen (secondary N) is 3. The SMILES string of the molecule is CCNC(=O)c1ccc(C)c(NC(=O)C(C)NC)c1. The van der Waals surface area contributed by atoms with Gasteiger partial charge in [-0.2, -0.15) is 0 Å². The van der Waals surface area contributed by atoms with Crippen molar-refractivity contribution in [1.82, 2.24) is 10.6 Å². The van der Waals surface area contributed by atoms with Crippen LogP contribution < -0.4 is 16.0 Å². The average molecular weight is 263 g/mol. The van der Waals surface area contributed by atoms with Crippen LogP contribution in [0.15, 0.2) is 18.2 Å². The molecule has 1 unspecified atom stereocenters. The summed E-state index contributed by atoms with van der Waals surface area (Å²) in [6.45, 7) is 6.11. The van der Waals surface area contributed by atoms with Crippen LogP contribution in [-0.4, -0.2) is 31.4 Å². The molecule has 2 amide bonds. The molecule has 0 aliphatic heterocycles.